The molecule has 29 heavy (non-hydrogen) atoms. The molecule has 1 atom stereocenters. The van der Waals surface area contributed by atoms with Crippen molar-refractivity contribution >= 4 is 5.96 Å². The molecule has 7 heteroatoms. The van der Waals surface area contributed by atoms with Crippen molar-refractivity contribution in [2.24, 2.45) is 10.9 Å². The Kier molecular flexibility index (Phi) is 8.04. The van der Waals surface area contributed by atoms with Crippen LogP contribution in [0.1, 0.15) is 50.4 Å². The number of rotatable bonds is 9. The maximum Gasteiger partial charge on any atom is 0.228 e. The molecule has 1 aliphatic heterocycles. The molecular weight excluding hydrogens is 366 g/mol. The summed E-state index contributed by atoms with van der Waals surface area (Å²) in [5, 5.41) is 7.42. The van der Waals surface area contributed by atoms with Gasteiger partial charge in [0.1, 0.15) is 0 Å². The van der Waals surface area contributed by atoms with Crippen LogP contribution in [0.5, 0.6) is 0 Å². The summed E-state index contributed by atoms with van der Waals surface area (Å²) in [6, 6.07) is 10.3. The summed E-state index contributed by atoms with van der Waals surface area (Å²) in [4.78, 5) is 11.5. The standard InChI is InChI=1S/C22H33N5O2/c1-4-23-22(24-12-10-20-25-21(17(2)3)26-29-20)27-13-11-19(14-27)16-28-15-18-8-6-5-7-9-18/h5-9,17,19H,4,10-16H2,1-3H3,(H,23,24). The number of likely N-dealkylation sites (tertiary alicyclic amines) is 1. The maximum atomic E-state index is 5.94. The van der Waals surface area contributed by atoms with E-state index in [9.17, 15) is 0 Å². The minimum Gasteiger partial charge on any atom is -0.376 e. The third kappa shape index (κ3) is 6.56. The molecule has 2 heterocycles. The van der Waals surface area contributed by atoms with E-state index in [4.69, 9.17) is 14.3 Å². The first-order valence-corrected chi connectivity index (χ1v) is 10.6. The molecule has 0 amide bonds. The average Bonchev–Trinajstić information content (AvgIpc) is 3.38. The lowest BCUT2D eigenvalue weighted by Crippen LogP contribution is -2.40. The fraction of sp³-hybridized carbons (Fsp3) is 0.591. The maximum absolute atomic E-state index is 5.94. The van der Waals surface area contributed by atoms with Gasteiger partial charge in [-0.3, -0.25) is 4.99 Å². The highest BCUT2D eigenvalue weighted by molar-refractivity contribution is 5.80. The first-order valence-electron chi connectivity index (χ1n) is 10.6. The first kappa shape index (κ1) is 21.3. The van der Waals surface area contributed by atoms with E-state index in [1.165, 1.54) is 5.56 Å². The summed E-state index contributed by atoms with van der Waals surface area (Å²) < 4.78 is 11.2. The molecule has 1 aliphatic rings. The Morgan fingerprint density at radius 3 is 2.90 bits per heavy atom. The number of ether oxygens (including phenoxy) is 1. The lowest BCUT2D eigenvalue weighted by Gasteiger charge is -2.21. The van der Waals surface area contributed by atoms with E-state index in [0.29, 0.717) is 31.4 Å². The molecule has 1 saturated heterocycles. The summed E-state index contributed by atoms with van der Waals surface area (Å²) in [5.74, 6) is 3.18. The summed E-state index contributed by atoms with van der Waals surface area (Å²) in [6.07, 6.45) is 1.78. The Balaban J connectivity index is 1.45. The molecular formula is C22H33N5O2. The molecule has 0 bridgehead atoms. The fourth-order valence-corrected chi connectivity index (χ4v) is 3.37. The number of aliphatic imine (C=N–C) groups is 1. The normalized spacial score (nSPS) is 17.3. The summed E-state index contributed by atoms with van der Waals surface area (Å²) in [6.45, 7) is 11.1. The molecule has 7 nitrogen and oxygen atoms in total. The van der Waals surface area contributed by atoms with E-state index in [-0.39, 0.29) is 5.92 Å². The second-order valence-electron chi connectivity index (χ2n) is 7.79. The highest BCUT2D eigenvalue weighted by Gasteiger charge is 2.25. The van der Waals surface area contributed by atoms with Gasteiger partial charge in [0.05, 0.1) is 19.8 Å². The Bertz CT molecular complexity index is 760. The van der Waals surface area contributed by atoms with Crippen molar-refractivity contribution in [3.63, 3.8) is 0 Å². The third-order valence-electron chi connectivity index (χ3n) is 4.97. The van der Waals surface area contributed by atoms with Crippen LogP contribution in [-0.2, 0) is 17.8 Å². The number of aromatic nitrogens is 2. The minimum atomic E-state index is 0.277. The fourth-order valence-electron chi connectivity index (χ4n) is 3.37. The number of nitrogens with one attached hydrogen (secondary N) is 1. The van der Waals surface area contributed by atoms with Crippen LogP contribution >= 0.6 is 0 Å². The van der Waals surface area contributed by atoms with Crippen molar-refractivity contribution < 1.29 is 9.26 Å². The zero-order chi connectivity index (χ0) is 20.5. The van der Waals surface area contributed by atoms with Crippen LogP contribution in [0.4, 0.5) is 0 Å². The molecule has 2 aromatic rings. The van der Waals surface area contributed by atoms with Crippen molar-refractivity contribution in [1.29, 1.82) is 0 Å². The molecule has 0 spiro atoms. The molecule has 3 rings (SSSR count). The van der Waals surface area contributed by atoms with Crippen molar-refractivity contribution in [3.8, 4) is 0 Å². The molecule has 1 N–H and O–H groups in total. The van der Waals surface area contributed by atoms with Gasteiger partial charge in [-0.25, -0.2) is 0 Å². The van der Waals surface area contributed by atoms with Gasteiger partial charge in [-0.15, -0.1) is 0 Å². The second-order valence-corrected chi connectivity index (χ2v) is 7.79. The molecule has 1 aromatic heterocycles. The minimum absolute atomic E-state index is 0.277. The van der Waals surface area contributed by atoms with Gasteiger partial charge in [-0.2, -0.15) is 4.98 Å². The van der Waals surface area contributed by atoms with E-state index in [1.807, 2.05) is 18.2 Å². The topological polar surface area (TPSA) is 75.8 Å². The van der Waals surface area contributed by atoms with Crippen LogP contribution < -0.4 is 5.32 Å². The van der Waals surface area contributed by atoms with Gasteiger partial charge in [-0.05, 0) is 18.9 Å². The predicted molar refractivity (Wildman–Crippen MR) is 114 cm³/mol. The van der Waals surface area contributed by atoms with Crippen LogP contribution in [0, 0.1) is 5.92 Å². The SMILES string of the molecule is CCNC(=NCCc1nc(C(C)C)no1)N1CCC(COCc2ccccc2)C1. The molecule has 0 saturated carbocycles. The van der Waals surface area contributed by atoms with Crippen LogP contribution in [-0.4, -0.2) is 53.8 Å². The van der Waals surface area contributed by atoms with Gasteiger partial charge in [-0.1, -0.05) is 49.3 Å². The molecule has 0 radical (unpaired) electrons. The Labute approximate surface area is 173 Å². The van der Waals surface area contributed by atoms with Gasteiger partial charge in [0, 0.05) is 37.9 Å². The molecule has 0 aliphatic carbocycles. The summed E-state index contributed by atoms with van der Waals surface area (Å²) >= 11 is 0. The summed E-state index contributed by atoms with van der Waals surface area (Å²) in [7, 11) is 0. The Hall–Kier alpha value is -2.41. The zero-order valence-corrected chi connectivity index (χ0v) is 17.8. The third-order valence-corrected chi connectivity index (χ3v) is 4.97. The quantitative estimate of drug-likeness (QED) is 0.515. The highest BCUT2D eigenvalue weighted by atomic mass is 16.5. The van der Waals surface area contributed by atoms with E-state index in [2.05, 4.69) is 53.3 Å². The van der Waals surface area contributed by atoms with Crippen LogP contribution in [0.2, 0.25) is 0 Å². The second kappa shape index (κ2) is 11.0. The molecule has 1 fully saturated rings. The van der Waals surface area contributed by atoms with Crippen molar-refractivity contribution in [1.82, 2.24) is 20.4 Å². The molecule has 1 unspecified atom stereocenters. The van der Waals surface area contributed by atoms with Gasteiger partial charge in [0.2, 0.25) is 5.89 Å². The summed E-state index contributed by atoms with van der Waals surface area (Å²) in [5.41, 5.74) is 1.22. The van der Waals surface area contributed by atoms with E-state index in [1.54, 1.807) is 0 Å². The number of benzene rings is 1. The van der Waals surface area contributed by atoms with Gasteiger partial charge < -0.3 is 19.5 Å². The van der Waals surface area contributed by atoms with Crippen LogP contribution in [0.15, 0.2) is 39.8 Å². The van der Waals surface area contributed by atoms with Gasteiger partial charge in [0.15, 0.2) is 11.8 Å². The van der Waals surface area contributed by atoms with E-state index in [0.717, 1.165) is 44.4 Å². The molecule has 158 valence electrons. The van der Waals surface area contributed by atoms with Crippen LogP contribution in [0.25, 0.3) is 0 Å². The number of hydrogen-bond acceptors (Lipinski definition) is 5. The van der Waals surface area contributed by atoms with Crippen molar-refractivity contribution in [2.75, 3.05) is 32.8 Å². The number of hydrogen-bond donors (Lipinski definition) is 1. The lowest BCUT2D eigenvalue weighted by atomic mass is 10.1. The van der Waals surface area contributed by atoms with E-state index < -0.39 is 0 Å². The Morgan fingerprint density at radius 2 is 2.17 bits per heavy atom. The van der Waals surface area contributed by atoms with E-state index >= 15 is 0 Å². The van der Waals surface area contributed by atoms with Gasteiger partial charge in [0.25, 0.3) is 0 Å². The van der Waals surface area contributed by atoms with Crippen LogP contribution in [0.3, 0.4) is 0 Å². The smallest absolute Gasteiger partial charge is 0.228 e. The average molecular weight is 400 g/mol. The molecule has 1 aromatic carbocycles. The highest BCUT2D eigenvalue weighted by Crippen LogP contribution is 2.17. The first-order chi connectivity index (χ1) is 14.2. The van der Waals surface area contributed by atoms with Gasteiger partial charge >= 0.3 is 0 Å². The number of guanidine groups is 1. The predicted octanol–water partition coefficient (Wildman–Crippen LogP) is 3.24. The monoisotopic (exact) mass is 399 g/mol. The van der Waals surface area contributed by atoms with Crippen molar-refractivity contribution in [2.45, 2.75) is 46.1 Å². The van der Waals surface area contributed by atoms with Crippen molar-refractivity contribution in [3.05, 3.63) is 47.6 Å². The zero-order valence-electron chi connectivity index (χ0n) is 17.8. The number of nitrogens with zero attached hydrogens (tertiary/aromatic N) is 4. The Morgan fingerprint density at radius 1 is 1.34 bits per heavy atom. The lowest BCUT2D eigenvalue weighted by molar-refractivity contribution is 0.0907. The largest absolute Gasteiger partial charge is 0.376 e.